The van der Waals surface area contributed by atoms with Gasteiger partial charge in [-0.2, -0.15) is 0 Å². The molecule has 0 bridgehead atoms. The summed E-state index contributed by atoms with van der Waals surface area (Å²) in [5.41, 5.74) is 1.46. The Morgan fingerprint density at radius 2 is 1.50 bits per heavy atom. The van der Waals surface area contributed by atoms with Crippen LogP contribution in [-0.2, 0) is 21.7 Å². The van der Waals surface area contributed by atoms with Crippen molar-refractivity contribution in [3.05, 3.63) is 143 Å². The number of hydrogen-bond acceptors (Lipinski definition) is 6. The first kappa shape index (κ1) is 32.4. The largest absolute Gasteiger partial charge is 0.478 e. The van der Waals surface area contributed by atoms with Gasteiger partial charge >= 0.3 is 12.0 Å². The van der Waals surface area contributed by atoms with Gasteiger partial charge in [-0.15, -0.1) is 0 Å². The van der Waals surface area contributed by atoms with Crippen LogP contribution in [0.15, 0.2) is 97.1 Å². The third kappa shape index (κ3) is 5.88. The van der Waals surface area contributed by atoms with E-state index >= 15 is 0 Å². The van der Waals surface area contributed by atoms with Crippen LogP contribution in [0.2, 0.25) is 0 Å². The molecule has 1 N–H and O–H groups in total. The number of carbonyl (C=O) groups excluding carboxylic acids is 1. The molecule has 48 heavy (non-hydrogen) atoms. The number of fused-ring (bicyclic) bond motifs is 1. The number of rotatable bonds is 8. The number of carboxylic acid groups (broad SMARTS) is 1. The van der Waals surface area contributed by atoms with E-state index in [1.807, 2.05) is 42.5 Å². The number of carboxylic acids is 1. The normalized spacial score (nSPS) is 17.0. The van der Waals surface area contributed by atoms with Crippen LogP contribution in [0.5, 0.6) is 6.01 Å². The highest BCUT2D eigenvalue weighted by Gasteiger charge is 2.55. The maximum absolute atomic E-state index is 15.0. The molecule has 11 heteroatoms. The van der Waals surface area contributed by atoms with E-state index < -0.39 is 59.6 Å². The Bertz CT molecular complexity index is 1980. The summed E-state index contributed by atoms with van der Waals surface area (Å²) in [6.07, 6.45) is -1.75. The average molecular weight is 653 g/mol. The monoisotopic (exact) mass is 652 g/mol. The van der Waals surface area contributed by atoms with E-state index in [1.54, 1.807) is 68.3 Å². The second-order valence-corrected chi connectivity index (χ2v) is 11.7. The molecule has 8 nitrogen and oxygen atoms in total. The van der Waals surface area contributed by atoms with Crippen molar-refractivity contribution in [1.29, 1.82) is 0 Å². The number of nitrogens with zero attached hydrogens (tertiary/aromatic N) is 4. The van der Waals surface area contributed by atoms with Gasteiger partial charge in [-0.3, -0.25) is 9.69 Å². The van der Waals surface area contributed by atoms with Gasteiger partial charge in [0.2, 0.25) is 12.0 Å². The lowest BCUT2D eigenvalue weighted by Gasteiger charge is -2.44. The van der Waals surface area contributed by atoms with Crippen molar-refractivity contribution in [2.24, 2.45) is 0 Å². The second kappa shape index (κ2) is 12.9. The van der Waals surface area contributed by atoms with Crippen LogP contribution >= 0.6 is 0 Å². The highest BCUT2D eigenvalue weighted by Crippen LogP contribution is 2.47. The number of benzene rings is 4. The Morgan fingerprint density at radius 1 is 0.875 bits per heavy atom. The molecule has 1 aliphatic rings. The fourth-order valence-electron chi connectivity index (χ4n) is 6.44. The number of aliphatic carboxylic acids is 1. The number of ether oxygens (including phenoxy) is 1. The zero-order valence-corrected chi connectivity index (χ0v) is 26.3. The minimum Gasteiger partial charge on any atom is -0.478 e. The minimum atomic E-state index is -1.75. The molecular formula is C37H31F3N4O4. The molecule has 0 spiro atoms. The number of likely N-dealkylation sites (N-methyl/N-ethyl adjacent to an activating group) is 1. The zero-order chi connectivity index (χ0) is 34.2. The Hall–Kier alpha value is -5.55. The third-order valence-electron chi connectivity index (χ3n) is 8.50. The number of halogens is 3. The first-order valence-corrected chi connectivity index (χ1v) is 15.1. The van der Waals surface area contributed by atoms with Crippen LogP contribution in [0.4, 0.5) is 18.9 Å². The summed E-state index contributed by atoms with van der Waals surface area (Å²) in [4.78, 5) is 39.0. The van der Waals surface area contributed by atoms with Crippen LogP contribution in [0, 0.1) is 31.3 Å². The molecule has 244 valence electrons. The molecule has 0 saturated carbocycles. The van der Waals surface area contributed by atoms with E-state index in [1.165, 1.54) is 4.90 Å². The van der Waals surface area contributed by atoms with Crippen LogP contribution < -0.4 is 9.64 Å². The van der Waals surface area contributed by atoms with Gasteiger partial charge in [0.1, 0.15) is 23.0 Å². The standard InChI is InChI=1S/C37H31F3N4O4/c1-22-16-23(2)42-36(41-22)48-34(35(46)47)37(26-13-9-12-25(17-26)24-10-5-4-6-11-24)29-14-7-8-15-32(29)44(33(45)21-43(37)3)20-28-30(39)18-27(38)19-31(28)40/h4-19,34H,20-21H2,1-3H3,(H,46,47). The van der Waals surface area contributed by atoms with E-state index in [9.17, 15) is 27.9 Å². The molecule has 0 fully saturated rings. The Morgan fingerprint density at radius 3 is 2.17 bits per heavy atom. The molecule has 0 radical (unpaired) electrons. The molecule has 4 aromatic carbocycles. The first-order valence-electron chi connectivity index (χ1n) is 15.1. The lowest BCUT2D eigenvalue weighted by Crippen LogP contribution is -2.59. The maximum atomic E-state index is 15.0. The topological polar surface area (TPSA) is 95.9 Å². The van der Waals surface area contributed by atoms with Gasteiger partial charge in [-0.05, 0) is 55.8 Å². The molecule has 1 aliphatic heterocycles. The van der Waals surface area contributed by atoms with Gasteiger partial charge in [0.25, 0.3) is 0 Å². The highest BCUT2D eigenvalue weighted by molar-refractivity contribution is 5.97. The first-order chi connectivity index (χ1) is 23.0. The average Bonchev–Trinajstić information content (AvgIpc) is 3.13. The summed E-state index contributed by atoms with van der Waals surface area (Å²) in [7, 11) is 1.59. The van der Waals surface area contributed by atoms with Crippen molar-refractivity contribution in [3.63, 3.8) is 0 Å². The van der Waals surface area contributed by atoms with Gasteiger partial charge in [0.05, 0.1) is 13.1 Å². The number of hydrogen-bond donors (Lipinski definition) is 1. The molecular weight excluding hydrogens is 621 g/mol. The van der Waals surface area contributed by atoms with E-state index in [2.05, 4.69) is 9.97 Å². The van der Waals surface area contributed by atoms with Crippen LogP contribution in [0.3, 0.4) is 0 Å². The summed E-state index contributed by atoms with van der Waals surface area (Å²) >= 11 is 0. The van der Waals surface area contributed by atoms with E-state index in [0.29, 0.717) is 34.6 Å². The van der Waals surface area contributed by atoms with Crippen LogP contribution in [0.1, 0.15) is 28.1 Å². The SMILES string of the molecule is Cc1cc(C)nc(OC(C(=O)O)C2(c3cccc(-c4ccccc4)c3)c3ccccc3N(Cc3c(F)cc(F)cc3F)C(=O)CN2C)n1. The Labute approximate surface area is 275 Å². The number of amides is 1. The molecule has 1 aromatic heterocycles. The number of aryl methyl sites for hydroxylation is 2. The molecule has 5 aromatic rings. The quantitative estimate of drug-likeness (QED) is 0.206. The fourth-order valence-corrected chi connectivity index (χ4v) is 6.44. The number of anilines is 1. The van der Waals surface area contributed by atoms with Gasteiger partial charge in [0, 0.05) is 40.3 Å². The lowest BCUT2D eigenvalue weighted by molar-refractivity contribution is -0.153. The zero-order valence-electron chi connectivity index (χ0n) is 26.3. The summed E-state index contributed by atoms with van der Waals surface area (Å²) in [6, 6.07) is 26.0. The maximum Gasteiger partial charge on any atom is 0.347 e. The summed E-state index contributed by atoms with van der Waals surface area (Å²) in [5.74, 6) is -5.36. The predicted octanol–water partition coefficient (Wildman–Crippen LogP) is 6.43. The molecule has 1 amide bonds. The summed E-state index contributed by atoms with van der Waals surface area (Å²) < 4.78 is 50.0. The Balaban J connectivity index is 1.63. The number of aromatic nitrogens is 2. The Kier molecular flexibility index (Phi) is 8.72. The van der Waals surface area contributed by atoms with Crippen molar-refractivity contribution >= 4 is 17.6 Å². The molecule has 0 saturated heterocycles. The van der Waals surface area contributed by atoms with Crippen molar-refractivity contribution < 1.29 is 32.6 Å². The third-order valence-corrected chi connectivity index (χ3v) is 8.50. The molecule has 2 heterocycles. The molecule has 0 aliphatic carbocycles. The number of carbonyl (C=O) groups is 2. The van der Waals surface area contributed by atoms with E-state index in [4.69, 9.17) is 4.74 Å². The smallest absolute Gasteiger partial charge is 0.347 e. The highest BCUT2D eigenvalue weighted by atomic mass is 19.1. The van der Waals surface area contributed by atoms with Crippen molar-refractivity contribution in [1.82, 2.24) is 14.9 Å². The van der Waals surface area contributed by atoms with Crippen LogP contribution in [0.25, 0.3) is 11.1 Å². The van der Waals surface area contributed by atoms with Crippen molar-refractivity contribution in [2.75, 3.05) is 18.5 Å². The fraction of sp³-hybridized carbons (Fsp3) is 0.189. The molecule has 2 unspecified atom stereocenters. The van der Waals surface area contributed by atoms with Crippen molar-refractivity contribution in [3.8, 4) is 17.1 Å². The van der Waals surface area contributed by atoms with Crippen LogP contribution in [-0.4, -0.2) is 51.5 Å². The van der Waals surface area contributed by atoms with Gasteiger partial charge < -0.3 is 14.7 Å². The molecule has 2 atom stereocenters. The van der Waals surface area contributed by atoms with Gasteiger partial charge in [-0.1, -0.05) is 66.7 Å². The summed E-state index contributed by atoms with van der Waals surface area (Å²) in [5, 5.41) is 11.0. The summed E-state index contributed by atoms with van der Waals surface area (Å²) in [6.45, 7) is 2.48. The predicted molar refractivity (Wildman–Crippen MR) is 173 cm³/mol. The molecule has 6 rings (SSSR count). The van der Waals surface area contributed by atoms with Crippen molar-refractivity contribution in [2.45, 2.75) is 32.0 Å². The number of para-hydroxylation sites is 1. The van der Waals surface area contributed by atoms with Gasteiger partial charge in [-0.25, -0.2) is 27.9 Å². The van der Waals surface area contributed by atoms with E-state index in [0.717, 1.165) is 11.1 Å². The van der Waals surface area contributed by atoms with Gasteiger partial charge in [0.15, 0.2) is 0 Å². The lowest BCUT2D eigenvalue weighted by atomic mass is 9.75. The second-order valence-electron chi connectivity index (χ2n) is 11.7. The minimum absolute atomic E-state index is 0.174. The van der Waals surface area contributed by atoms with E-state index in [-0.39, 0.29) is 11.7 Å².